The first kappa shape index (κ1) is 8.89. The number of ether oxygens (including phenoxy) is 1. The van der Waals surface area contributed by atoms with E-state index in [9.17, 15) is 0 Å². The van der Waals surface area contributed by atoms with E-state index in [1.807, 2.05) is 11.3 Å². The third kappa shape index (κ3) is 1.40. The van der Waals surface area contributed by atoms with Crippen molar-refractivity contribution in [3.63, 3.8) is 0 Å². The summed E-state index contributed by atoms with van der Waals surface area (Å²) in [6.45, 7) is 4.05. The average molecular weight is 209 g/mol. The Morgan fingerprint density at radius 3 is 3.29 bits per heavy atom. The number of piperidine rings is 1. The van der Waals surface area contributed by atoms with Gasteiger partial charge in [-0.3, -0.25) is 0 Å². The first-order chi connectivity index (χ1) is 6.95. The molecule has 1 atom stereocenters. The van der Waals surface area contributed by atoms with Gasteiger partial charge in [0.2, 0.25) is 0 Å². The standard InChI is InChI=1S/C11H15NOS/c1-2-8(4-12-3-1)10-7-14-11-6-13-5-9(10)11/h7-8,12H,1-6H2. The second kappa shape index (κ2) is 3.65. The van der Waals surface area contributed by atoms with E-state index in [4.69, 9.17) is 4.74 Å². The molecule has 14 heavy (non-hydrogen) atoms. The van der Waals surface area contributed by atoms with E-state index in [0.29, 0.717) is 0 Å². The van der Waals surface area contributed by atoms with Gasteiger partial charge in [-0.2, -0.15) is 0 Å². The Morgan fingerprint density at radius 1 is 1.43 bits per heavy atom. The van der Waals surface area contributed by atoms with E-state index in [0.717, 1.165) is 25.7 Å². The summed E-state index contributed by atoms with van der Waals surface area (Å²) in [5.41, 5.74) is 3.07. The van der Waals surface area contributed by atoms with Crippen LogP contribution < -0.4 is 5.32 Å². The predicted molar refractivity (Wildman–Crippen MR) is 57.7 cm³/mol. The van der Waals surface area contributed by atoms with E-state index in [-0.39, 0.29) is 0 Å². The van der Waals surface area contributed by atoms with Crippen LogP contribution in [0.25, 0.3) is 0 Å². The molecule has 2 aliphatic heterocycles. The van der Waals surface area contributed by atoms with Crippen LogP contribution in [0.15, 0.2) is 5.38 Å². The molecule has 1 saturated heterocycles. The highest BCUT2D eigenvalue weighted by Crippen LogP contribution is 2.36. The smallest absolute Gasteiger partial charge is 0.0817 e. The Hall–Kier alpha value is -0.380. The largest absolute Gasteiger partial charge is 0.371 e. The van der Waals surface area contributed by atoms with Crippen molar-refractivity contribution in [1.82, 2.24) is 5.32 Å². The van der Waals surface area contributed by atoms with Crippen LogP contribution in [0.4, 0.5) is 0 Å². The molecule has 0 saturated carbocycles. The topological polar surface area (TPSA) is 21.3 Å². The van der Waals surface area contributed by atoms with Crippen LogP contribution >= 0.6 is 11.3 Å². The summed E-state index contributed by atoms with van der Waals surface area (Å²) < 4.78 is 5.48. The van der Waals surface area contributed by atoms with Crippen molar-refractivity contribution >= 4 is 11.3 Å². The van der Waals surface area contributed by atoms with Gasteiger partial charge in [0.05, 0.1) is 13.2 Å². The highest BCUT2D eigenvalue weighted by molar-refractivity contribution is 7.10. The van der Waals surface area contributed by atoms with E-state index in [2.05, 4.69) is 10.7 Å². The van der Waals surface area contributed by atoms with Gasteiger partial charge < -0.3 is 10.1 Å². The van der Waals surface area contributed by atoms with Gasteiger partial charge in [-0.1, -0.05) is 0 Å². The van der Waals surface area contributed by atoms with Crippen LogP contribution in [0.1, 0.15) is 34.8 Å². The van der Waals surface area contributed by atoms with Crippen LogP contribution in [0.3, 0.4) is 0 Å². The zero-order valence-electron chi connectivity index (χ0n) is 8.21. The van der Waals surface area contributed by atoms with E-state index in [1.54, 1.807) is 5.56 Å². The maximum Gasteiger partial charge on any atom is 0.0817 e. The number of fused-ring (bicyclic) bond motifs is 1. The highest BCUT2D eigenvalue weighted by Gasteiger charge is 2.24. The summed E-state index contributed by atoms with van der Waals surface area (Å²) in [7, 11) is 0. The lowest BCUT2D eigenvalue weighted by Crippen LogP contribution is -2.28. The summed E-state index contributed by atoms with van der Waals surface area (Å²) in [4.78, 5) is 1.46. The maximum absolute atomic E-state index is 5.48. The molecule has 0 amide bonds. The third-order valence-electron chi connectivity index (χ3n) is 3.23. The van der Waals surface area contributed by atoms with Gasteiger partial charge in [0.15, 0.2) is 0 Å². The average Bonchev–Trinajstić information content (AvgIpc) is 2.79. The van der Waals surface area contributed by atoms with E-state index in [1.165, 1.54) is 29.8 Å². The van der Waals surface area contributed by atoms with Crippen molar-refractivity contribution in [3.8, 4) is 0 Å². The Labute approximate surface area is 88.3 Å². The summed E-state index contributed by atoms with van der Waals surface area (Å²) in [5.74, 6) is 0.741. The van der Waals surface area contributed by atoms with Crippen molar-refractivity contribution in [2.75, 3.05) is 13.1 Å². The molecule has 2 aliphatic rings. The van der Waals surface area contributed by atoms with Crippen molar-refractivity contribution in [1.29, 1.82) is 0 Å². The molecule has 1 aromatic heterocycles. The Morgan fingerprint density at radius 2 is 2.43 bits per heavy atom. The van der Waals surface area contributed by atoms with E-state index >= 15 is 0 Å². The fourth-order valence-corrected chi connectivity index (χ4v) is 3.50. The fourth-order valence-electron chi connectivity index (χ4n) is 2.43. The SMILES string of the molecule is c1sc2c(c1C1CCCNC1)COC2. The molecule has 0 spiro atoms. The van der Waals surface area contributed by atoms with Crippen molar-refractivity contribution in [2.24, 2.45) is 0 Å². The van der Waals surface area contributed by atoms with Gasteiger partial charge >= 0.3 is 0 Å². The van der Waals surface area contributed by atoms with Gasteiger partial charge in [-0.05, 0) is 41.8 Å². The molecule has 0 aromatic carbocycles. The van der Waals surface area contributed by atoms with Crippen molar-refractivity contribution < 1.29 is 4.74 Å². The molecule has 0 bridgehead atoms. The lowest BCUT2D eigenvalue weighted by atomic mass is 9.91. The molecule has 76 valence electrons. The minimum atomic E-state index is 0.741. The number of hydrogen-bond acceptors (Lipinski definition) is 3. The second-order valence-corrected chi connectivity index (χ2v) is 5.09. The number of rotatable bonds is 1. The van der Waals surface area contributed by atoms with Crippen LogP contribution in [0, 0.1) is 0 Å². The lowest BCUT2D eigenvalue weighted by molar-refractivity contribution is 0.135. The van der Waals surface area contributed by atoms with Crippen molar-refractivity contribution in [3.05, 3.63) is 21.4 Å². The Balaban J connectivity index is 1.88. The zero-order chi connectivity index (χ0) is 9.38. The normalized spacial score (nSPS) is 26.4. The summed E-state index contributed by atoms with van der Waals surface area (Å²) in [6, 6.07) is 0. The Bertz CT molecular complexity index is 328. The molecule has 1 aromatic rings. The van der Waals surface area contributed by atoms with Gasteiger partial charge in [-0.25, -0.2) is 0 Å². The van der Waals surface area contributed by atoms with Gasteiger partial charge in [0.1, 0.15) is 0 Å². The number of nitrogens with one attached hydrogen (secondary N) is 1. The minimum Gasteiger partial charge on any atom is -0.371 e. The second-order valence-electron chi connectivity index (χ2n) is 4.13. The zero-order valence-corrected chi connectivity index (χ0v) is 9.03. The molecular weight excluding hydrogens is 194 g/mol. The molecule has 0 aliphatic carbocycles. The molecule has 3 rings (SSSR count). The van der Waals surface area contributed by atoms with E-state index < -0.39 is 0 Å². The van der Waals surface area contributed by atoms with Crippen LogP contribution in [-0.2, 0) is 18.0 Å². The molecule has 0 radical (unpaired) electrons. The predicted octanol–water partition coefficient (Wildman–Crippen LogP) is 2.25. The highest BCUT2D eigenvalue weighted by atomic mass is 32.1. The fraction of sp³-hybridized carbons (Fsp3) is 0.636. The first-order valence-corrected chi connectivity index (χ1v) is 6.20. The number of thiophene rings is 1. The molecular formula is C11H15NOS. The summed E-state index contributed by atoms with van der Waals surface area (Å²) >= 11 is 1.88. The Kier molecular flexibility index (Phi) is 2.32. The number of hydrogen-bond donors (Lipinski definition) is 1. The van der Waals surface area contributed by atoms with Crippen molar-refractivity contribution in [2.45, 2.75) is 32.0 Å². The van der Waals surface area contributed by atoms with Gasteiger partial charge in [0, 0.05) is 11.4 Å². The minimum absolute atomic E-state index is 0.741. The molecule has 3 heteroatoms. The van der Waals surface area contributed by atoms with Crippen LogP contribution in [0.2, 0.25) is 0 Å². The van der Waals surface area contributed by atoms with Gasteiger partial charge in [0.25, 0.3) is 0 Å². The maximum atomic E-state index is 5.48. The third-order valence-corrected chi connectivity index (χ3v) is 4.25. The summed E-state index contributed by atoms with van der Waals surface area (Å²) in [5, 5.41) is 5.83. The first-order valence-electron chi connectivity index (χ1n) is 5.33. The summed E-state index contributed by atoms with van der Waals surface area (Å²) in [6.07, 6.45) is 2.66. The lowest BCUT2D eigenvalue weighted by Gasteiger charge is -2.22. The molecule has 1 fully saturated rings. The molecule has 1 unspecified atom stereocenters. The monoisotopic (exact) mass is 209 g/mol. The molecule has 1 N–H and O–H groups in total. The molecule has 2 nitrogen and oxygen atoms in total. The molecule has 3 heterocycles. The quantitative estimate of drug-likeness (QED) is 0.766. The van der Waals surface area contributed by atoms with Crippen LogP contribution in [0.5, 0.6) is 0 Å². The van der Waals surface area contributed by atoms with Gasteiger partial charge in [-0.15, -0.1) is 11.3 Å². The van der Waals surface area contributed by atoms with Crippen LogP contribution in [-0.4, -0.2) is 13.1 Å².